The Kier molecular flexibility index (Phi) is 6.07. The monoisotopic (exact) mass is 393 g/mol. The highest BCUT2D eigenvalue weighted by Gasteiger charge is 2.29. The van der Waals surface area contributed by atoms with Gasteiger partial charge in [0.25, 0.3) is 5.56 Å². The van der Waals surface area contributed by atoms with Gasteiger partial charge in [-0.25, -0.2) is 9.78 Å². The third-order valence-electron chi connectivity index (χ3n) is 4.83. The average molecular weight is 393 g/mol. The molecule has 0 bridgehead atoms. The molecule has 0 radical (unpaired) electrons. The van der Waals surface area contributed by atoms with Gasteiger partial charge in [-0.15, -0.1) is 0 Å². The SMILES string of the molecule is CC(C)[C@H](NC(=O)[C@H](Cc1ccccc1)n1cnc2ccccc2c1=O)C(=O)O. The fraction of sp³-hybridized carbons (Fsp3) is 0.273. The molecule has 0 saturated carbocycles. The van der Waals surface area contributed by atoms with E-state index >= 15 is 0 Å². The minimum Gasteiger partial charge on any atom is -0.480 e. The van der Waals surface area contributed by atoms with Gasteiger partial charge in [0.2, 0.25) is 5.91 Å². The van der Waals surface area contributed by atoms with Crippen LogP contribution in [-0.2, 0) is 16.0 Å². The van der Waals surface area contributed by atoms with E-state index in [2.05, 4.69) is 10.3 Å². The molecule has 7 nitrogen and oxygen atoms in total. The number of para-hydroxylation sites is 1. The molecule has 150 valence electrons. The number of carboxylic acid groups (broad SMARTS) is 1. The Balaban J connectivity index is 2.04. The van der Waals surface area contributed by atoms with E-state index < -0.39 is 24.0 Å². The second-order valence-electron chi connectivity index (χ2n) is 7.25. The molecule has 1 aromatic heterocycles. The third-order valence-corrected chi connectivity index (χ3v) is 4.83. The summed E-state index contributed by atoms with van der Waals surface area (Å²) in [5.74, 6) is -1.95. The van der Waals surface area contributed by atoms with Crippen molar-refractivity contribution in [1.82, 2.24) is 14.9 Å². The van der Waals surface area contributed by atoms with Gasteiger partial charge in [-0.05, 0) is 23.6 Å². The lowest BCUT2D eigenvalue weighted by atomic mass is 10.0. The van der Waals surface area contributed by atoms with Crippen molar-refractivity contribution in [2.45, 2.75) is 32.4 Å². The van der Waals surface area contributed by atoms with E-state index in [0.717, 1.165) is 5.56 Å². The van der Waals surface area contributed by atoms with Gasteiger partial charge in [0.15, 0.2) is 0 Å². The number of fused-ring (bicyclic) bond motifs is 1. The van der Waals surface area contributed by atoms with Gasteiger partial charge in [-0.1, -0.05) is 56.3 Å². The van der Waals surface area contributed by atoms with Crippen LogP contribution in [0.25, 0.3) is 10.9 Å². The number of carboxylic acids is 1. The summed E-state index contributed by atoms with van der Waals surface area (Å²) >= 11 is 0. The molecule has 29 heavy (non-hydrogen) atoms. The van der Waals surface area contributed by atoms with Gasteiger partial charge >= 0.3 is 5.97 Å². The van der Waals surface area contributed by atoms with E-state index in [-0.39, 0.29) is 17.9 Å². The molecule has 0 aliphatic rings. The maximum Gasteiger partial charge on any atom is 0.326 e. The summed E-state index contributed by atoms with van der Waals surface area (Å²) in [5, 5.41) is 12.4. The van der Waals surface area contributed by atoms with Gasteiger partial charge in [0.05, 0.1) is 17.2 Å². The zero-order chi connectivity index (χ0) is 21.0. The van der Waals surface area contributed by atoms with E-state index in [9.17, 15) is 19.5 Å². The van der Waals surface area contributed by atoms with Crippen molar-refractivity contribution in [2.75, 3.05) is 0 Å². The third kappa shape index (κ3) is 4.51. The Bertz CT molecular complexity index is 1080. The molecule has 0 unspecified atom stereocenters. The summed E-state index contributed by atoms with van der Waals surface area (Å²) in [4.78, 5) is 42.0. The van der Waals surface area contributed by atoms with Crippen molar-refractivity contribution in [3.63, 3.8) is 0 Å². The van der Waals surface area contributed by atoms with Crippen LogP contribution in [-0.4, -0.2) is 32.6 Å². The summed E-state index contributed by atoms with van der Waals surface area (Å²) in [6, 6.07) is 14.2. The number of rotatable bonds is 7. The largest absolute Gasteiger partial charge is 0.480 e. The van der Waals surface area contributed by atoms with Crippen LogP contribution in [0.15, 0.2) is 65.7 Å². The highest BCUT2D eigenvalue weighted by molar-refractivity contribution is 5.86. The molecule has 7 heteroatoms. The molecule has 1 amide bonds. The van der Waals surface area contributed by atoms with Crippen LogP contribution in [0.3, 0.4) is 0 Å². The number of nitrogens with zero attached hydrogens (tertiary/aromatic N) is 2. The molecular formula is C22H23N3O4. The van der Waals surface area contributed by atoms with Gasteiger partial charge in [-0.3, -0.25) is 14.2 Å². The number of hydrogen-bond acceptors (Lipinski definition) is 4. The van der Waals surface area contributed by atoms with Gasteiger partial charge in [0, 0.05) is 6.42 Å². The summed E-state index contributed by atoms with van der Waals surface area (Å²) in [5.41, 5.74) is 1.05. The molecule has 2 N–H and O–H groups in total. The van der Waals surface area contributed by atoms with E-state index in [1.165, 1.54) is 10.9 Å². The molecule has 2 atom stereocenters. The van der Waals surface area contributed by atoms with Gasteiger partial charge in [0.1, 0.15) is 12.1 Å². The Morgan fingerprint density at radius 3 is 2.38 bits per heavy atom. The first-order valence-corrected chi connectivity index (χ1v) is 9.41. The van der Waals surface area contributed by atoms with Crippen molar-refractivity contribution in [1.29, 1.82) is 0 Å². The van der Waals surface area contributed by atoms with E-state index in [0.29, 0.717) is 10.9 Å². The summed E-state index contributed by atoms with van der Waals surface area (Å²) in [7, 11) is 0. The first-order valence-electron chi connectivity index (χ1n) is 9.41. The van der Waals surface area contributed by atoms with Gasteiger partial charge < -0.3 is 10.4 Å². The second kappa shape index (κ2) is 8.68. The lowest BCUT2D eigenvalue weighted by Crippen LogP contribution is -2.48. The maximum atomic E-state index is 13.1. The Morgan fingerprint density at radius 2 is 1.72 bits per heavy atom. The molecule has 3 rings (SSSR count). The molecular weight excluding hydrogens is 370 g/mol. The minimum absolute atomic E-state index is 0.233. The van der Waals surface area contributed by atoms with Crippen molar-refractivity contribution in [3.8, 4) is 0 Å². The maximum absolute atomic E-state index is 13.1. The molecule has 1 heterocycles. The fourth-order valence-electron chi connectivity index (χ4n) is 3.22. The second-order valence-corrected chi connectivity index (χ2v) is 7.25. The number of nitrogens with one attached hydrogen (secondary N) is 1. The summed E-state index contributed by atoms with van der Waals surface area (Å²) in [6.07, 6.45) is 1.58. The number of benzene rings is 2. The predicted molar refractivity (Wildman–Crippen MR) is 110 cm³/mol. The fourth-order valence-corrected chi connectivity index (χ4v) is 3.22. The molecule has 0 saturated heterocycles. The van der Waals surface area contributed by atoms with Crippen molar-refractivity contribution in [2.24, 2.45) is 5.92 Å². The minimum atomic E-state index is -1.12. The molecule has 0 fully saturated rings. The number of aromatic nitrogens is 2. The van der Waals surface area contributed by atoms with Crippen LogP contribution in [0.2, 0.25) is 0 Å². The molecule has 0 aliphatic carbocycles. The zero-order valence-corrected chi connectivity index (χ0v) is 16.3. The first-order chi connectivity index (χ1) is 13.9. The van der Waals surface area contributed by atoms with Crippen LogP contribution in [0.5, 0.6) is 0 Å². The number of hydrogen-bond donors (Lipinski definition) is 2. The average Bonchev–Trinajstić information content (AvgIpc) is 2.71. The van der Waals surface area contributed by atoms with Crippen molar-refractivity contribution in [3.05, 3.63) is 76.8 Å². The van der Waals surface area contributed by atoms with Crippen molar-refractivity contribution >= 4 is 22.8 Å². The lowest BCUT2D eigenvalue weighted by molar-refractivity contribution is -0.143. The van der Waals surface area contributed by atoms with Crippen LogP contribution in [0, 0.1) is 5.92 Å². The highest BCUT2D eigenvalue weighted by atomic mass is 16.4. The van der Waals surface area contributed by atoms with E-state index in [4.69, 9.17) is 0 Å². The quantitative estimate of drug-likeness (QED) is 0.642. The number of aliphatic carboxylic acids is 1. The lowest BCUT2D eigenvalue weighted by Gasteiger charge is -2.24. The van der Waals surface area contributed by atoms with E-state index in [1.54, 1.807) is 38.1 Å². The highest BCUT2D eigenvalue weighted by Crippen LogP contribution is 2.16. The van der Waals surface area contributed by atoms with Crippen LogP contribution in [0.1, 0.15) is 25.5 Å². The van der Waals surface area contributed by atoms with Crippen LogP contribution >= 0.6 is 0 Å². The number of amides is 1. The van der Waals surface area contributed by atoms with Crippen LogP contribution in [0.4, 0.5) is 0 Å². The molecule has 0 spiro atoms. The van der Waals surface area contributed by atoms with E-state index in [1.807, 2.05) is 30.3 Å². The summed E-state index contributed by atoms with van der Waals surface area (Å²) < 4.78 is 1.28. The first kappa shape index (κ1) is 20.3. The van der Waals surface area contributed by atoms with Crippen LogP contribution < -0.4 is 10.9 Å². The standard InChI is InChI=1S/C22H23N3O4/c1-14(2)19(22(28)29)24-20(26)18(12-15-8-4-3-5-9-15)25-13-23-17-11-7-6-10-16(17)21(25)27/h3-11,13-14,18-19H,12H2,1-2H3,(H,24,26)(H,28,29)/t18-,19-/m0/s1. The predicted octanol–water partition coefficient (Wildman–Crippen LogP) is 2.41. The Labute approximate surface area is 168 Å². The van der Waals surface area contributed by atoms with Crippen molar-refractivity contribution < 1.29 is 14.7 Å². The molecule has 3 aromatic rings. The molecule has 2 aromatic carbocycles. The summed E-state index contributed by atoms with van der Waals surface area (Å²) in [6.45, 7) is 3.43. The number of carbonyl (C=O) groups excluding carboxylic acids is 1. The number of carbonyl (C=O) groups is 2. The Morgan fingerprint density at radius 1 is 1.07 bits per heavy atom. The Hall–Kier alpha value is -3.48. The zero-order valence-electron chi connectivity index (χ0n) is 16.3. The molecule has 0 aliphatic heterocycles. The topological polar surface area (TPSA) is 101 Å². The smallest absolute Gasteiger partial charge is 0.326 e. The normalized spacial score (nSPS) is 13.2. The van der Waals surface area contributed by atoms with Gasteiger partial charge in [-0.2, -0.15) is 0 Å².